The summed E-state index contributed by atoms with van der Waals surface area (Å²) in [6.45, 7) is 0. The Balaban J connectivity index is 2.14. The largest absolute Gasteiger partial charge is 0.272 e. The number of carbonyl (C=O) groups excluding carboxylic acids is 1. The summed E-state index contributed by atoms with van der Waals surface area (Å²) in [7, 11) is 0. The SMILES string of the molecule is O=C(N/N=C/c1cc([N+](=O)[O-])ccc1Cl)c1ccc(Cl)cc1Cl. The fraction of sp³-hybridized carbons (Fsp3) is 0. The molecule has 0 bridgehead atoms. The van der Waals surface area contributed by atoms with Crippen molar-refractivity contribution in [2.75, 3.05) is 0 Å². The summed E-state index contributed by atoms with van der Waals surface area (Å²) in [6.07, 6.45) is 1.21. The second kappa shape index (κ2) is 7.41. The summed E-state index contributed by atoms with van der Waals surface area (Å²) >= 11 is 17.6. The van der Waals surface area contributed by atoms with Crippen LogP contribution in [-0.4, -0.2) is 17.0 Å². The van der Waals surface area contributed by atoms with Gasteiger partial charge >= 0.3 is 0 Å². The Labute approximate surface area is 145 Å². The Morgan fingerprint density at radius 2 is 1.87 bits per heavy atom. The van der Waals surface area contributed by atoms with Crippen molar-refractivity contribution < 1.29 is 9.72 Å². The van der Waals surface area contributed by atoms with Gasteiger partial charge in [0.25, 0.3) is 11.6 Å². The van der Waals surface area contributed by atoms with Crippen molar-refractivity contribution in [3.63, 3.8) is 0 Å². The lowest BCUT2D eigenvalue weighted by Gasteiger charge is -2.03. The molecule has 0 aliphatic carbocycles. The van der Waals surface area contributed by atoms with Crippen LogP contribution in [0.3, 0.4) is 0 Å². The van der Waals surface area contributed by atoms with Gasteiger partial charge in [-0.2, -0.15) is 5.10 Å². The fourth-order valence-electron chi connectivity index (χ4n) is 1.64. The average Bonchev–Trinajstić information content (AvgIpc) is 2.48. The monoisotopic (exact) mass is 371 g/mol. The molecule has 0 radical (unpaired) electrons. The molecular weight excluding hydrogens is 365 g/mol. The van der Waals surface area contributed by atoms with Crippen LogP contribution in [-0.2, 0) is 0 Å². The first-order chi connectivity index (χ1) is 10.9. The highest BCUT2D eigenvalue weighted by Gasteiger charge is 2.11. The molecule has 0 aliphatic heterocycles. The molecule has 6 nitrogen and oxygen atoms in total. The smallest absolute Gasteiger partial charge is 0.267 e. The van der Waals surface area contributed by atoms with E-state index in [0.29, 0.717) is 10.6 Å². The standard InChI is InChI=1S/C14H8Cl3N3O3/c15-9-1-3-11(13(17)6-9)14(21)19-18-7-8-5-10(20(22)23)2-4-12(8)16/h1-7H,(H,19,21)/b18-7+. The van der Waals surface area contributed by atoms with Crippen molar-refractivity contribution in [3.8, 4) is 0 Å². The van der Waals surface area contributed by atoms with Gasteiger partial charge in [0.15, 0.2) is 0 Å². The highest BCUT2D eigenvalue weighted by molar-refractivity contribution is 6.36. The molecule has 0 aromatic heterocycles. The molecule has 118 valence electrons. The second-order valence-corrected chi connectivity index (χ2v) is 5.54. The summed E-state index contributed by atoms with van der Waals surface area (Å²) < 4.78 is 0. The van der Waals surface area contributed by atoms with Crippen LogP contribution >= 0.6 is 34.8 Å². The molecule has 0 aliphatic rings. The van der Waals surface area contributed by atoms with Crippen LogP contribution < -0.4 is 5.43 Å². The maximum absolute atomic E-state index is 11.9. The maximum atomic E-state index is 11.9. The van der Waals surface area contributed by atoms with Gasteiger partial charge in [0, 0.05) is 27.7 Å². The normalized spacial score (nSPS) is 10.7. The van der Waals surface area contributed by atoms with E-state index in [-0.39, 0.29) is 21.3 Å². The van der Waals surface area contributed by atoms with Gasteiger partial charge in [0.2, 0.25) is 0 Å². The fourth-order valence-corrected chi connectivity index (χ4v) is 2.30. The number of rotatable bonds is 4. The molecule has 9 heteroatoms. The predicted molar refractivity (Wildman–Crippen MR) is 89.6 cm³/mol. The van der Waals surface area contributed by atoms with E-state index in [1.807, 2.05) is 0 Å². The van der Waals surface area contributed by atoms with E-state index in [1.54, 1.807) is 0 Å². The summed E-state index contributed by atoms with van der Waals surface area (Å²) in [5, 5.41) is 15.3. The number of hydrogen-bond donors (Lipinski definition) is 1. The van der Waals surface area contributed by atoms with E-state index >= 15 is 0 Å². The summed E-state index contributed by atoms with van der Waals surface area (Å²) in [5.74, 6) is -0.551. The molecule has 2 rings (SSSR count). The van der Waals surface area contributed by atoms with Gasteiger partial charge in [-0.3, -0.25) is 14.9 Å². The molecule has 0 unspecified atom stereocenters. The number of nitrogens with one attached hydrogen (secondary N) is 1. The van der Waals surface area contributed by atoms with Gasteiger partial charge in [-0.1, -0.05) is 34.8 Å². The van der Waals surface area contributed by atoms with Crippen LogP contribution in [0.4, 0.5) is 5.69 Å². The Kier molecular flexibility index (Phi) is 5.54. The minimum Gasteiger partial charge on any atom is -0.267 e. The van der Waals surface area contributed by atoms with Gasteiger partial charge in [-0.15, -0.1) is 0 Å². The van der Waals surface area contributed by atoms with E-state index in [2.05, 4.69) is 10.5 Å². The lowest BCUT2D eigenvalue weighted by Crippen LogP contribution is -2.18. The van der Waals surface area contributed by atoms with Crippen LogP contribution in [0.25, 0.3) is 0 Å². The minimum atomic E-state index is -0.556. The van der Waals surface area contributed by atoms with E-state index < -0.39 is 10.8 Å². The Morgan fingerprint density at radius 3 is 2.52 bits per heavy atom. The van der Waals surface area contributed by atoms with E-state index in [4.69, 9.17) is 34.8 Å². The number of carbonyl (C=O) groups is 1. The average molecular weight is 373 g/mol. The molecule has 2 aromatic rings. The third-order valence-electron chi connectivity index (χ3n) is 2.74. The number of hydrogen-bond acceptors (Lipinski definition) is 4. The first kappa shape index (κ1) is 17.2. The van der Waals surface area contributed by atoms with E-state index in [9.17, 15) is 14.9 Å². The van der Waals surface area contributed by atoms with Crippen molar-refractivity contribution in [1.29, 1.82) is 0 Å². The number of amides is 1. The molecule has 0 heterocycles. The molecule has 0 saturated heterocycles. The third kappa shape index (κ3) is 4.41. The Hall–Kier alpha value is -2.15. The number of nitro benzene ring substituents is 1. The molecule has 0 saturated carbocycles. The van der Waals surface area contributed by atoms with E-state index in [1.165, 1.54) is 42.6 Å². The summed E-state index contributed by atoms with van der Waals surface area (Å²) in [5.41, 5.74) is 2.61. The van der Waals surface area contributed by atoms with Crippen molar-refractivity contribution in [2.45, 2.75) is 0 Å². The van der Waals surface area contributed by atoms with Gasteiger partial charge < -0.3 is 0 Å². The van der Waals surface area contributed by atoms with Gasteiger partial charge in [0.1, 0.15) is 0 Å². The number of nitro groups is 1. The van der Waals surface area contributed by atoms with Crippen LogP contribution in [0, 0.1) is 10.1 Å². The van der Waals surface area contributed by atoms with Crippen molar-refractivity contribution in [2.24, 2.45) is 5.10 Å². The lowest BCUT2D eigenvalue weighted by atomic mass is 10.2. The molecule has 0 atom stereocenters. The summed E-state index contributed by atoms with van der Waals surface area (Å²) in [4.78, 5) is 22.1. The zero-order valence-electron chi connectivity index (χ0n) is 11.3. The van der Waals surface area contributed by atoms with Crippen molar-refractivity contribution in [1.82, 2.24) is 5.43 Å². The van der Waals surface area contributed by atoms with Gasteiger partial charge in [-0.25, -0.2) is 5.43 Å². The zero-order chi connectivity index (χ0) is 17.0. The topological polar surface area (TPSA) is 84.6 Å². The first-order valence-electron chi connectivity index (χ1n) is 6.11. The van der Waals surface area contributed by atoms with Gasteiger partial charge in [-0.05, 0) is 24.3 Å². The van der Waals surface area contributed by atoms with Crippen LogP contribution in [0.5, 0.6) is 0 Å². The highest BCUT2D eigenvalue weighted by atomic mass is 35.5. The molecule has 1 N–H and O–H groups in total. The lowest BCUT2D eigenvalue weighted by molar-refractivity contribution is -0.384. The molecule has 2 aromatic carbocycles. The molecule has 0 spiro atoms. The number of hydrazone groups is 1. The number of non-ortho nitro benzene ring substituents is 1. The third-order valence-corrected chi connectivity index (χ3v) is 3.63. The zero-order valence-corrected chi connectivity index (χ0v) is 13.6. The molecular formula is C14H8Cl3N3O3. The molecule has 1 amide bonds. The molecule has 23 heavy (non-hydrogen) atoms. The summed E-state index contributed by atoms with van der Waals surface area (Å²) in [6, 6.07) is 8.29. The van der Waals surface area contributed by atoms with Crippen LogP contribution in [0.1, 0.15) is 15.9 Å². The molecule has 0 fully saturated rings. The predicted octanol–water partition coefficient (Wildman–Crippen LogP) is 4.32. The van der Waals surface area contributed by atoms with Gasteiger partial charge in [0.05, 0.1) is 21.7 Å². The number of halogens is 3. The second-order valence-electron chi connectivity index (χ2n) is 4.29. The van der Waals surface area contributed by atoms with E-state index in [0.717, 1.165) is 0 Å². The minimum absolute atomic E-state index is 0.136. The number of nitrogens with zero attached hydrogens (tertiary/aromatic N) is 2. The quantitative estimate of drug-likeness (QED) is 0.493. The van der Waals surface area contributed by atoms with Crippen LogP contribution in [0.2, 0.25) is 15.1 Å². The van der Waals surface area contributed by atoms with Crippen LogP contribution in [0.15, 0.2) is 41.5 Å². The number of benzene rings is 2. The van der Waals surface area contributed by atoms with Crippen molar-refractivity contribution >= 4 is 52.6 Å². The highest BCUT2D eigenvalue weighted by Crippen LogP contribution is 2.21. The Morgan fingerprint density at radius 1 is 1.13 bits per heavy atom. The van der Waals surface area contributed by atoms with Crippen molar-refractivity contribution in [3.05, 3.63) is 72.7 Å². The first-order valence-corrected chi connectivity index (χ1v) is 7.24. The Bertz CT molecular complexity index is 809. The maximum Gasteiger partial charge on any atom is 0.272 e.